The number of amides is 1. The number of carboxylic acids is 1. The Morgan fingerprint density at radius 2 is 1.92 bits per heavy atom. The summed E-state index contributed by atoms with van der Waals surface area (Å²) in [4.78, 5) is 24.7. The van der Waals surface area contributed by atoms with E-state index in [-0.39, 0.29) is 30.8 Å². The zero-order chi connectivity index (χ0) is 19.1. The van der Waals surface area contributed by atoms with E-state index in [2.05, 4.69) is 5.32 Å². The number of nitrogens with zero attached hydrogens (tertiary/aromatic N) is 1. The molecule has 1 amide bonds. The summed E-state index contributed by atoms with van der Waals surface area (Å²) in [5.74, 6) is 0.619. The maximum atomic E-state index is 12.4. The lowest BCUT2D eigenvalue weighted by atomic mass is 9.95. The molecule has 0 radical (unpaired) electrons. The molecule has 0 aromatic heterocycles. The molecule has 1 aromatic rings. The summed E-state index contributed by atoms with van der Waals surface area (Å²) in [6, 6.07) is 5.61. The van der Waals surface area contributed by atoms with Gasteiger partial charge in [0, 0.05) is 13.0 Å². The molecule has 26 heavy (non-hydrogen) atoms. The number of nitrogens with one attached hydrogen (secondary N) is 1. The third-order valence-electron chi connectivity index (χ3n) is 4.23. The van der Waals surface area contributed by atoms with E-state index in [4.69, 9.17) is 14.6 Å². The largest absolute Gasteiger partial charge is 0.490 e. The van der Waals surface area contributed by atoms with E-state index < -0.39 is 5.97 Å². The number of hydrogen-bond donors (Lipinski definition) is 2. The molecule has 1 heterocycles. The van der Waals surface area contributed by atoms with Crippen LogP contribution in [0.1, 0.15) is 38.3 Å². The predicted molar refractivity (Wildman–Crippen MR) is 97.5 cm³/mol. The molecule has 2 N–H and O–H groups in total. The Morgan fingerprint density at radius 1 is 1.23 bits per heavy atom. The number of benzene rings is 1. The molecule has 0 aliphatic carbocycles. The molecule has 1 atom stereocenters. The summed E-state index contributed by atoms with van der Waals surface area (Å²) in [5.41, 5.74) is 0.964. The van der Waals surface area contributed by atoms with Crippen LogP contribution >= 0.6 is 0 Å². The number of likely N-dealkylation sites (N-methyl/N-ethyl adjacent to an activating group) is 1. The van der Waals surface area contributed by atoms with Gasteiger partial charge in [0.25, 0.3) is 0 Å². The van der Waals surface area contributed by atoms with Gasteiger partial charge in [-0.05, 0) is 30.7 Å². The minimum absolute atomic E-state index is 0.0134. The molecule has 7 heteroatoms. The van der Waals surface area contributed by atoms with Crippen LogP contribution in [0.5, 0.6) is 11.5 Å². The number of carboxylic acid groups (broad SMARTS) is 1. The van der Waals surface area contributed by atoms with Crippen molar-refractivity contribution in [3.8, 4) is 11.5 Å². The Balaban J connectivity index is 2.03. The molecule has 1 aliphatic rings. The number of carbonyl (C=O) groups is 2. The number of aliphatic carboxylic acids is 1. The van der Waals surface area contributed by atoms with Gasteiger partial charge in [-0.2, -0.15) is 0 Å². The highest BCUT2D eigenvalue weighted by Gasteiger charge is 2.21. The zero-order valence-electron chi connectivity index (χ0n) is 15.7. The van der Waals surface area contributed by atoms with Gasteiger partial charge in [0.1, 0.15) is 0 Å². The monoisotopic (exact) mass is 364 g/mol. The van der Waals surface area contributed by atoms with Gasteiger partial charge < -0.3 is 19.9 Å². The molecule has 0 fully saturated rings. The maximum Gasteiger partial charge on any atom is 0.304 e. The Morgan fingerprint density at radius 3 is 2.58 bits per heavy atom. The first-order valence-corrected chi connectivity index (χ1v) is 8.96. The van der Waals surface area contributed by atoms with Gasteiger partial charge in [0.2, 0.25) is 5.91 Å². The lowest BCUT2D eigenvalue weighted by Gasteiger charge is -2.25. The molecule has 0 saturated carbocycles. The van der Waals surface area contributed by atoms with Crippen LogP contribution in [-0.4, -0.2) is 55.2 Å². The molecular weight excluding hydrogens is 336 g/mol. The van der Waals surface area contributed by atoms with Crippen molar-refractivity contribution < 1.29 is 24.2 Å². The van der Waals surface area contributed by atoms with Gasteiger partial charge in [-0.15, -0.1) is 0 Å². The fourth-order valence-electron chi connectivity index (χ4n) is 2.84. The Kier molecular flexibility index (Phi) is 7.26. The fraction of sp³-hybridized carbons (Fsp3) is 0.579. The van der Waals surface area contributed by atoms with Gasteiger partial charge in [-0.25, -0.2) is 0 Å². The number of rotatable bonds is 8. The van der Waals surface area contributed by atoms with Gasteiger partial charge >= 0.3 is 5.97 Å². The van der Waals surface area contributed by atoms with Crippen LogP contribution in [0.3, 0.4) is 0 Å². The van der Waals surface area contributed by atoms with Crippen LogP contribution in [-0.2, 0) is 9.59 Å². The quantitative estimate of drug-likeness (QED) is 0.734. The van der Waals surface area contributed by atoms with Crippen molar-refractivity contribution in [2.24, 2.45) is 5.92 Å². The van der Waals surface area contributed by atoms with E-state index in [0.29, 0.717) is 25.5 Å². The SMILES string of the molecule is CC(C)C(NC(=O)CN(C)CCC(=O)O)c1ccc2c(c1)OCCCO2. The summed E-state index contributed by atoms with van der Waals surface area (Å²) in [5, 5.41) is 11.8. The molecule has 1 aromatic carbocycles. The van der Waals surface area contributed by atoms with Crippen molar-refractivity contribution >= 4 is 11.9 Å². The molecule has 1 unspecified atom stereocenters. The van der Waals surface area contributed by atoms with Crippen molar-refractivity contribution in [3.05, 3.63) is 23.8 Å². The molecule has 7 nitrogen and oxygen atoms in total. The Hall–Kier alpha value is -2.28. The number of ether oxygens (including phenoxy) is 2. The Labute approximate surface area is 154 Å². The normalized spacial score (nSPS) is 14.8. The topological polar surface area (TPSA) is 88.1 Å². The van der Waals surface area contributed by atoms with Crippen LogP contribution in [0, 0.1) is 5.92 Å². The van der Waals surface area contributed by atoms with E-state index in [1.807, 2.05) is 32.0 Å². The van der Waals surface area contributed by atoms with Gasteiger partial charge in [0.05, 0.1) is 32.2 Å². The molecule has 0 saturated heterocycles. The summed E-state index contributed by atoms with van der Waals surface area (Å²) < 4.78 is 11.4. The summed E-state index contributed by atoms with van der Waals surface area (Å²) in [7, 11) is 1.74. The van der Waals surface area contributed by atoms with E-state index in [1.54, 1.807) is 11.9 Å². The standard InChI is InChI=1S/C19H28N2O5/c1-13(2)19(20-17(22)12-21(3)8-7-18(23)24)14-5-6-15-16(11-14)26-10-4-9-25-15/h5-6,11,13,19H,4,7-10,12H2,1-3H3,(H,20,22)(H,23,24). The summed E-state index contributed by atoms with van der Waals surface area (Å²) >= 11 is 0. The minimum atomic E-state index is -0.871. The average molecular weight is 364 g/mol. The van der Waals surface area contributed by atoms with Crippen molar-refractivity contribution in [1.29, 1.82) is 0 Å². The third-order valence-corrected chi connectivity index (χ3v) is 4.23. The van der Waals surface area contributed by atoms with E-state index in [1.165, 1.54) is 0 Å². The summed E-state index contributed by atoms with van der Waals surface area (Å²) in [6.07, 6.45) is 0.858. The second kappa shape index (κ2) is 9.43. The maximum absolute atomic E-state index is 12.4. The van der Waals surface area contributed by atoms with Crippen LogP contribution in [0.25, 0.3) is 0 Å². The van der Waals surface area contributed by atoms with Crippen molar-refractivity contribution in [1.82, 2.24) is 10.2 Å². The highest BCUT2D eigenvalue weighted by molar-refractivity contribution is 5.78. The molecule has 2 rings (SSSR count). The second-order valence-corrected chi connectivity index (χ2v) is 6.93. The summed E-state index contributed by atoms with van der Waals surface area (Å²) in [6.45, 7) is 5.83. The van der Waals surface area contributed by atoms with E-state index >= 15 is 0 Å². The average Bonchev–Trinajstić information content (AvgIpc) is 2.82. The first kappa shape index (κ1) is 20.0. The van der Waals surface area contributed by atoms with Crippen LogP contribution < -0.4 is 14.8 Å². The molecule has 1 aliphatic heterocycles. The van der Waals surface area contributed by atoms with Crippen molar-refractivity contribution in [2.45, 2.75) is 32.7 Å². The second-order valence-electron chi connectivity index (χ2n) is 6.93. The number of fused-ring (bicyclic) bond motifs is 1. The molecular formula is C19H28N2O5. The van der Waals surface area contributed by atoms with Gasteiger partial charge in [-0.3, -0.25) is 14.5 Å². The smallest absolute Gasteiger partial charge is 0.304 e. The Bertz CT molecular complexity index is 632. The molecule has 0 spiro atoms. The van der Waals surface area contributed by atoms with Crippen molar-refractivity contribution in [3.63, 3.8) is 0 Å². The van der Waals surface area contributed by atoms with Crippen molar-refractivity contribution in [2.75, 3.05) is 33.4 Å². The van der Waals surface area contributed by atoms with Crippen LogP contribution in [0.2, 0.25) is 0 Å². The zero-order valence-corrected chi connectivity index (χ0v) is 15.7. The third kappa shape index (κ3) is 5.91. The highest BCUT2D eigenvalue weighted by Crippen LogP contribution is 2.34. The lowest BCUT2D eigenvalue weighted by molar-refractivity contribution is -0.137. The van der Waals surface area contributed by atoms with Crippen LogP contribution in [0.4, 0.5) is 0 Å². The molecule has 0 bridgehead atoms. The lowest BCUT2D eigenvalue weighted by Crippen LogP contribution is -2.39. The van der Waals surface area contributed by atoms with Crippen LogP contribution in [0.15, 0.2) is 18.2 Å². The fourth-order valence-corrected chi connectivity index (χ4v) is 2.84. The number of hydrogen-bond acceptors (Lipinski definition) is 5. The first-order chi connectivity index (χ1) is 12.4. The number of carbonyl (C=O) groups excluding carboxylic acids is 1. The minimum Gasteiger partial charge on any atom is -0.490 e. The van der Waals surface area contributed by atoms with E-state index in [0.717, 1.165) is 17.7 Å². The highest BCUT2D eigenvalue weighted by atomic mass is 16.5. The van der Waals surface area contributed by atoms with E-state index in [9.17, 15) is 9.59 Å². The predicted octanol–water partition coefficient (Wildman–Crippen LogP) is 2.07. The first-order valence-electron chi connectivity index (χ1n) is 8.96. The van der Waals surface area contributed by atoms with Gasteiger partial charge in [0.15, 0.2) is 11.5 Å². The molecule has 144 valence electrons. The van der Waals surface area contributed by atoms with Gasteiger partial charge in [-0.1, -0.05) is 19.9 Å².